The van der Waals surface area contributed by atoms with Crippen LogP contribution in [0.2, 0.25) is 0 Å². The van der Waals surface area contributed by atoms with Crippen LogP contribution in [0.25, 0.3) is 10.9 Å². The number of nitrogens with zero attached hydrogens (tertiary/aromatic N) is 2. The Hall–Kier alpha value is -3.42. The fourth-order valence-corrected chi connectivity index (χ4v) is 3.92. The Morgan fingerprint density at radius 3 is 2.75 bits per heavy atom. The van der Waals surface area contributed by atoms with E-state index in [1.807, 2.05) is 30.3 Å². The maximum Gasteiger partial charge on any atom is 0.416 e. The van der Waals surface area contributed by atoms with E-state index in [0.29, 0.717) is 18.5 Å². The molecule has 0 unspecified atom stereocenters. The van der Waals surface area contributed by atoms with Gasteiger partial charge in [-0.1, -0.05) is 24.3 Å². The largest absolute Gasteiger partial charge is 0.416 e. The summed E-state index contributed by atoms with van der Waals surface area (Å²) < 4.78 is 38.9. The molecule has 3 aromatic rings. The number of carbonyl (C=O) groups is 2. The Bertz CT molecular complexity index is 1150. The number of hydrogen-bond acceptors (Lipinski definition) is 3. The van der Waals surface area contributed by atoms with Crippen LogP contribution in [-0.2, 0) is 28.9 Å². The molecule has 32 heavy (non-hydrogen) atoms. The standard InChI is InChI=1S/C24H22F3N3O2/c25-24(26,27)20-5-1-3-17(12-20)14-30-15-19(7-9-22(30)31)23(32)29-13-16-6-8-21-18(11-16)4-2-10-28-21/h1-6,8,10-12,19H,7,9,13-15H2,(H,29,32)/t19-/m0/s1. The second-order valence-corrected chi connectivity index (χ2v) is 7.96. The van der Waals surface area contributed by atoms with Crippen molar-refractivity contribution in [2.75, 3.05) is 6.54 Å². The van der Waals surface area contributed by atoms with E-state index >= 15 is 0 Å². The predicted molar refractivity (Wildman–Crippen MR) is 113 cm³/mol. The lowest BCUT2D eigenvalue weighted by atomic mass is 9.95. The van der Waals surface area contributed by atoms with Gasteiger partial charge in [-0.3, -0.25) is 14.6 Å². The summed E-state index contributed by atoms with van der Waals surface area (Å²) in [5.41, 5.74) is 1.45. The highest BCUT2D eigenvalue weighted by atomic mass is 19.4. The highest BCUT2D eigenvalue weighted by Crippen LogP contribution is 2.30. The summed E-state index contributed by atoms with van der Waals surface area (Å²) in [5.74, 6) is -0.730. The van der Waals surface area contributed by atoms with E-state index in [1.54, 1.807) is 12.3 Å². The molecule has 4 rings (SSSR count). The van der Waals surface area contributed by atoms with E-state index < -0.39 is 17.7 Å². The highest BCUT2D eigenvalue weighted by Gasteiger charge is 2.32. The minimum atomic E-state index is -4.44. The van der Waals surface area contributed by atoms with Crippen molar-refractivity contribution in [3.05, 3.63) is 77.5 Å². The van der Waals surface area contributed by atoms with E-state index in [0.717, 1.165) is 28.6 Å². The van der Waals surface area contributed by atoms with Gasteiger partial charge in [-0.05, 0) is 47.9 Å². The summed E-state index contributed by atoms with van der Waals surface area (Å²) in [6, 6.07) is 14.5. The van der Waals surface area contributed by atoms with Crippen LogP contribution in [0.5, 0.6) is 0 Å². The van der Waals surface area contributed by atoms with Gasteiger partial charge < -0.3 is 10.2 Å². The van der Waals surface area contributed by atoms with E-state index in [1.165, 1.54) is 11.0 Å². The second kappa shape index (κ2) is 8.98. The Morgan fingerprint density at radius 2 is 1.94 bits per heavy atom. The van der Waals surface area contributed by atoms with Gasteiger partial charge in [0.2, 0.25) is 11.8 Å². The number of piperidine rings is 1. The van der Waals surface area contributed by atoms with Crippen LogP contribution in [0.3, 0.4) is 0 Å². The first-order chi connectivity index (χ1) is 15.3. The van der Waals surface area contributed by atoms with E-state index in [4.69, 9.17) is 0 Å². The quantitative estimate of drug-likeness (QED) is 0.642. The smallest absolute Gasteiger partial charge is 0.352 e. The molecule has 1 atom stereocenters. The van der Waals surface area contributed by atoms with Crippen molar-refractivity contribution in [1.29, 1.82) is 0 Å². The molecule has 5 nitrogen and oxygen atoms in total. The molecule has 2 heterocycles. The fraction of sp³-hybridized carbons (Fsp3) is 0.292. The Labute approximate surface area is 183 Å². The second-order valence-electron chi connectivity index (χ2n) is 7.96. The van der Waals surface area contributed by atoms with Gasteiger partial charge in [0.25, 0.3) is 0 Å². The summed E-state index contributed by atoms with van der Waals surface area (Å²) in [4.78, 5) is 30.8. The number of rotatable bonds is 5. The van der Waals surface area contributed by atoms with Crippen LogP contribution in [0.15, 0.2) is 60.8 Å². The maximum atomic E-state index is 13.0. The lowest BCUT2D eigenvalue weighted by Gasteiger charge is -2.32. The number of likely N-dealkylation sites (tertiary alicyclic amines) is 1. The number of carbonyl (C=O) groups excluding carboxylic acids is 2. The number of fused-ring (bicyclic) bond motifs is 1. The van der Waals surface area contributed by atoms with Crippen molar-refractivity contribution in [3.8, 4) is 0 Å². The molecule has 0 aliphatic carbocycles. The van der Waals surface area contributed by atoms with Gasteiger partial charge in [0, 0.05) is 37.6 Å². The fourth-order valence-electron chi connectivity index (χ4n) is 3.92. The lowest BCUT2D eigenvalue weighted by molar-refractivity contribution is -0.139. The van der Waals surface area contributed by atoms with Gasteiger partial charge in [-0.2, -0.15) is 13.2 Å². The predicted octanol–water partition coefficient (Wildman–Crippen LogP) is 4.31. The van der Waals surface area contributed by atoms with Gasteiger partial charge in [0.15, 0.2) is 0 Å². The minimum absolute atomic E-state index is 0.0458. The Morgan fingerprint density at radius 1 is 1.09 bits per heavy atom. The van der Waals surface area contributed by atoms with E-state index in [-0.39, 0.29) is 31.3 Å². The first-order valence-electron chi connectivity index (χ1n) is 10.3. The SMILES string of the molecule is O=C(NCc1ccc2ncccc2c1)[C@H]1CCC(=O)N(Cc2cccc(C(F)(F)F)c2)C1. The molecule has 0 bridgehead atoms. The molecule has 166 valence electrons. The zero-order valence-corrected chi connectivity index (χ0v) is 17.2. The lowest BCUT2D eigenvalue weighted by Crippen LogP contribution is -2.45. The molecular formula is C24H22F3N3O2. The van der Waals surface area contributed by atoms with E-state index in [9.17, 15) is 22.8 Å². The monoisotopic (exact) mass is 441 g/mol. The number of halogens is 3. The number of aromatic nitrogens is 1. The molecule has 0 saturated carbocycles. The van der Waals surface area contributed by atoms with Crippen molar-refractivity contribution in [1.82, 2.24) is 15.2 Å². The third-order valence-corrected chi connectivity index (χ3v) is 5.63. The van der Waals surface area contributed by atoms with Crippen LogP contribution >= 0.6 is 0 Å². The van der Waals surface area contributed by atoms with Gasteiger partial charge in [0.05, 0.1) is 17.0 Å². The van der Waals surface area contributed by atoms with Crippen molar-refractivity contribution < 1.29 is 22.8 Å². The number of amides is 2. The molecule has 8 heteroatoms. The zero-order valence-electron chi connectivity index (χ0n) is 17.2. The molecule has 0 radical (unpaired) electrons. The molecule has 2 aromatic carbocycles. The number of hydrogen-bond donors (Lipinski definition) is 1. The summed E-state index contributed by atoms with van der Waals surface area (Å²) in [5, 5.41) is 3.90. The summed E-state index contributed by atoms with van der Waals surface area (Å²) in [7, 11) is 0. The number of benzene rings is 2. The van der Waals surface area contributed by atoms with Crippen molar-refractivity contribution in [3.63, 3.8) is 0 Å². The first-order valence-corrected chi connectivity index (χ1v) is 10.3. The highest BCUT2D eigenvalue weighted by molar-refractivity contribution is 5.84. The van der Waals surface area contributed by atoms with Crippen molar-refractivity contribution in [2.45, 2.75) is 32.1 Å². The summed E-state index contributed by atoms with van der Waals surface area (Å²) in [6.07, 6.45) is -2.10. The third kappa shape index (κ3) is 5.07. The summed E-state index contributed by atoms with van der Waals surface area (Å²) in [6.45, 7) is 0.578. The topological polar surface area (TPSA) is 62.3 Å². The molecule has 1 aromatic heterocycles. The van der Waals surface area contributed by atoms with Crippen LogP contribution in [0, 0.1) is 5.92 Å². The molecule has 1 saturated heterocycles. The third-order valence-electron chi connectivity index (χ3n) is 5.63. The molecule has 1 N–H and O–H groups in total. The number of nitrogens with one attached hydrogen (secondary N) is 1. The van der Waals surface area contributed by atoms with E-state index in [2.05, 4.69) is 10.3 Å². The molecule has 0 spiro atoms. The van der Waals surface area contributed by atoms with Gasteiger partial charge >= 0.3 is 6.18 Å². The number of pyridine rings is 1. The van der Waals surface area contributed by atoms with Crippen LogP contribution in [0.4, 0.5) is 13.2 Å². The van der Waals surface area contributed by atoms with Crippen molar-refractivity contribution in [2.24, 2.45) is 5.92 Å². The van der Waals surface area contributed by atoms with Gasteiger partial charge in [0.1, 0.15) is 0 Å². The molecule has 1 fully saturated rings. The Kier molecular flexibility index (Phi) is 6.12. The molecular weight excluding hydrogens is 419 g/mol. The maximum absolute atomic E-state index is 13.0. The molecule has 2 amide bonds. The van der Waals surface area contributed by atoms with Crippen LogP contribution in [0.1, 0.15) is 29.5 Å². The summed E-state index contributed by atoms with van der Waals surface area (Å²) >= 11 is 0. The van der Waals surface area contributed by atoms with Gasteiger partial charge in [-0.25, -0.2) is 0 Å². The average molecular weight is 441 g/mol. The Balaban J connectivity index is 1.38. The zero-order chi connectivity index (χ0) is 22.7. The number of alkyl halides is 3. The molecule has 1 aliphatic rings. The van der Waals surface area contributed by atoms with Gasteiger partial charge in [-0.15, -0.1) is 0 Å². The van der Waals surface area contributed by atoms with Crippen LogP contribution in [-0.4, -0.2) is 28.2 Å². The van der Waals surface area contributed by atoms with Crippen molar-refractivity contribution >= 4 is 22.7 Å². The molecule has 1 aliphatic heterocycles. The minimum Gasteiger partial charge on any atom is -0.352 e. The first kappa shape index (κ1) is 21.8. The normalized spacial score (nSPS) is 16.9. The average Bonchev–Trinajstić information content (AvgIpc) is 2.78. The van der Waals surface area contributed by atoms with Crippen LogP contribution < -0.4 is 5.32 Å².